The molecule has 16 heavy (non-hydrogen) atoms. The minimum absolute atomic E-state index is 0.480. The summed E-state index contributed by atoms with van der Waals surface area (Å²) in [5.74, 6) is 1.85. The molecule has 1 aliphatic carbocycles. The fourth-order valence-electron chi connectivity index (χ4n) is 2.21. The second-order valence-electron chi connectivity index (χ2n) is 5.26. The molecule has 0 amide bonds. The van der Waals surface area contributed by atoms with Crippen LogP contribution >= 0.6 is 0 Å². The van der Waals surface area contributed by atoms with Crippen LogP contribution in [0.4, 0.5) is 5.69 Å². The molecule has 2 nitrogen and oxygen atoms in total. The molecule has 1 fully saturated rings. The second-order valence-corrected chi connectivity index (χ2v) is 5.26. The average molecular weight is 218 g/mol. The van der Waals surface area contributed by atoms with Crippen LogP contribution in [0, 0.1) is 11.8 Å². The zero-order valence-corrected chi connectivity index (χ0v) is 10.5. The molecule has 2 heteroatoms. The first-order valence-corrected chi connectivity index (χ1v) is 6.13. The lowest BCUT2D eigenvalue weighted by Crippen LogP contribution is -2.25. The van der Waals surface area contributed by atoms with Crippen LogP contribution in [0.15, 0.2) is 24.3 Å². The highest BCUT2D eigenvalue weighted by molar-refractivity contribution is 5.40. The van der Waals surface area contributed by atoms with Gasteiger partial charge in [-0.05, 0) is 49.9 Å². The van der Waals surface area contributed by atoms with Crippen molar-refractivity contribution in [1.82, 2.24) is 4.90 Å². The van der Waals surface area contributed by atoms with Gasteiger partial charge in [-0.2, -0.15) is 0 Å². The monoisotopic (exact) mass is 218 g/mol. The maximum Gasteiger partial charge on any atom is 0.0316 e. The lowest BCUT2D eigenvalue weighted by molar-refractivity contribution is 0.247. The second kappa shape index (κ2) is 4.46. The molecule has 0 radical (unpaired) electrons. The van der Waals surface area contributed by atoms with Gasteiger partial charge in [0.1, 0.15) is 0 Å². The van der Waals surface area contributed by atoms with Crippen LogP contribution in [0.3, 0.4) is 0 Å². The summed E-state index contributed by atoms with van der Waals surface area (Å²) in [7, 11) is 2.21. The van der Waals surface area contributed by atoms with Gasteiger partial charge >= 0.3 is 0 Å². The van der Waals surface area contributed by atoms with Gasteiger partial charge in [0.15, 0.2) is 0 Å². The van der Waals surface area contributed by atoms with Crippen molar-refractivity contribution >= 4 is 5.69 Å². The summed E-state index contributed by atoms with van der Waals surface area (Å²) < 4.78 is 0. The van der Waals surface area contributed by atoms with Crippen molar-refractivity contribution in [3.05, 3.63) is 29.8 Å². The van der Waals surface area contributed by atoms with E-state index in [1.54, 1.807) is 0 Å². The molecule has 0 spiro atoms. The molecule has 3 unspecified atom stereocenters. The Balaban J connectivity index is 1.95. The molecule has 1 aliphatic rings. The molecule has 0 bridgehead atoms. The minimum atomic E-state index is 0.480. The molecule has 0 aliphatic heterocycles. The van der Waals surface area contributed by atoms with E-state index in [0.717, 1.165) is 17.5 Å². The number of hydrogen-bond donors (Lipinski definition) is 1. The average Bonchev–Trinajstić information content (AvgIpc) is 2.94. The van der Waals surface area contributed by atoms with E-state index in [-0.39, 0.29) is 0 Å². The van der Waals surface area contributed by atoms with E-state index in [2.05, 4.69) is 37.9 Å². The van der Waals surface area contributed by atoms with Crippen LogP contribution in [-0.2, 0) is 0 Å². The van der Waals surface area contributed by atoms with Gasteiger partial charge in [0, 0.05) is 18.3 Å². The zero-order valence-electron chi connectivity index (χ0n) is 10.5. The molecule has 2 rings (SSSR count). The molecule has 1 aromatic rings. The molecule has 0 aromatic heterocycles. The summed E-state index contributed by atoms with van der Waals surface area (Å²) in [4.78, 5) is 2.44. The molecular weight excluding hydrogens is 196 g/mol. The van der Waals surface area contributed by atoms with E-state index >= 15 is 0 Å². The Morgan fingerprint density at radius 1 is 1.38 bits per heavy atom. The summed E-state index contributed by atoms with van der Waals surface area (Å²) in [5, 5.41) is 0. The van der Waals surface area contributed by atoms with Crippen molar-refractivity contribution in [3.8, 4) is 0 Å². The van der Waals surface area contributed by atoms with Crippen LogP contribution in [0.2, 0.25) is 0 Å². The highest BCUT2D eigenvalue weighted by atomic mass is 15.1. The lowest BCUT2D eigenvalue weighted by Gasteiger charge is -2.25. The SMILES string of the molecule is CC1CC1CN(C)C(C)c1ccc(N)cc1. The maximum atomic E-state index is 5.70. The molecule has 2 N–H and O–H groups in total. The standard InChI is InChI=1S/C14H22N2/c1-10-8-13(10)9-16(3)11(2)12-4-6-14(15)7-5-12/h4-7,10-11,13H,8-9,15H2,1-3H3. The first-order chi connectivity index (χ1) is 7.58. The highest BCUT2D eigenvalue weighted by Gasteiger charge is 2.33. The van der Waals surface area contributed by atoms with Crippen molar-refractivity contribution in [2.75, 3.05) is 19.3 Å². The predicted octanol–water partition coefficient (Wildman–Crippen LogP) is 2.92. The van der Waals surface area contributed by atoms with E-state index in [1.807, 2.05) is 12.1 Å². The highest BCUT2D eigenvalue weighted by Crippen LogP contribution is 2.39. The number of hydrogen-bond acceptors (Lipinski definition) is 2. The normalized spacial score (nSPS) is 25.8. The van der Waals surface area contributed by atoms with Crippen molar-refractivity contribution in [3.63, 3.8) is 0 Å². The number of anilines is 1. The summed E-state index contributed by atoms with van der Waals surface area (Å²) in [6.07, 6.45) is 1.40. The van der Waals surface area contributed by atoms with Gasteiger partial charge in [0.2, 0.25) is 0 Å². The largest absolute Gasteiger partial charge is 0.399 e. The summed E-state index contributed by atoms with van der Waals surface area (Å²) in [6.45, 7) is 5.82. The Kier molecular flexibility index (Phi) is 3.20. The van der Waals surface area contributed by atoms with Crippen LogP contribution < -0.4 is 5.73 Å². The first-order valence-electron chi connectivity index (χ1n) is 6.13. The van der Waals surface area contributed by atoms with Crippen molar-refractivity contribution < 1.29 is 0 Å². The fraction of sp³-hybridized carbons (Fsp3) is 0.571. The Hall–Kier alpha value is -1.02. The fourth-order valence-corrected chi connectivity index (χ4v) is 2.21. The third-order valence-corrected chi connectivity index (χ3v) is 3.88. The van der Waals surface area contributed by atoms with Gasteiger partial charge in [-0.25, -0.2) is 0 Å². The van der Waals surface area contributed by atoms with Gasteiger partial charge in [-0.15, -0.1) is 0 Å². The number of nitrogen functional groups attached to an aromatic ring is 1. The topological polar surface area (TPSA) is 29.3 Å². The van der Waals surface area contributed by atoms with Gasteiger partial charge in [-0.1, -0.05) is 19.1 Å². The van der Waals surface area contributed by atoms with E-state index in [0.29, 0.717) is 6.04 Å². The van der Waals surface area contributed by atoms with Crippen LogP contribution in [0.1, 0.15) is 31.9 Å². The number of benzene rings is 1. The van der Waals surface area contributed by atoms with Crippen LogP contribution in [0.25, 0.3) is 0 Å². The summed E-state index contributed by atoms with van der Waals surface area (Å²) in [5.41, 5.74) is 7.89. The van der Waals surface area contributed by atoms with Crippen LogP contribution in [-0.4, -0.2) is 18.5 Å². The maximum absolute atomic E-state index is 5.70. The van der Waals surface area contributed by atoms with E-state index in [9.17, 15) is 0 Å². The third-order valence-electron chi connectivity index (χ3n) is 3.88. The quantitative estimate of drug-likeness (QED) is 0.787. The van der Waals surface area contributed by atoms with Gasteiger partial charge in [-0.3, -0.25) is 4.90 Å². The summed E-state index contributed by atoms with van der Waals surface area (Å²) in [6, 6.07) is 8.71. The third kappa shape index (κ3) is 2.56. The first kappa shape index (κ1) is 11.5. The number of nitrogens with two attached hydrogens (primary N) is 1. The van der Waals surface area contributed by atoms with E-state index < -0.39 is 0 Å². The number of rotatable bonds is 4. The Morgan fingerprint density at radius 3 is 2.44 bits per heavy atom. The van der Waals surface area contributed by atoms with Gasteiger partial charge in [0.05, 0.1) is 0 Å². The smallest absolute Gasteiger partial charge is 0.0316 e. The number of nitrogens with zero attached hydrogens (tertiary/aromatic N) is 1. The predicted molar refractivity (Wildman–Crippen MR) is 69.2 cm³/mol. The molecule has 88 valence electrons. The zero-order chi connectivity index (χ0) is 11.7. The summed E-state index contributed by atoms with van der Waals surface area (Å²) >= 11 is 0. The molecule has 0 heterocycles. The van der Waals surface area contributed by atoms with E-state index in [4.69, 9.17) is 5.73 Å². The van der Waals surface area contributed by atoms with Crippen molar-refractivity contribution in [2.24, 2.45) is 11.8 Å². The Morgan fingerprint density at radius 2 is 1.94 bits per heavy atom. The molecule has 1 aromatic carbocycles. The van der Waals surface area contributed by atoms with E-state index in [1.165, 1.54) is 18.5 Å². The molecule has 0 saturated heterocycles. The van der Waals surface area contributed by atoms with Crippen molar-refractivity contribution in [2.45, 2.75) is 26.3 Å². The minimum Gasteiger partial charge on any atom is -0.399 e. The molecule has 1 saturated carbocycles. The van der Waals surface area contributed by atoms with Gasteiger partial charge < -0.3 is 5.73 Å². The molecule has 3 atom stereocenters. The van der Waals surface area contributed by atoms with Crippen LogP contribution in [0.5, 0.6) is 0 Å². The Bertz CT molecular complexity index is 344. The van der Waals surface area contributed by atoms with Gasteiger partial charge in [0.25, 0.3) is 0 Å². The lowest BCUT2D eigenvalue weighted by atomic mass is 10.1. The van der Waals surface area contributed by atoms with Crippen molar-refractivity contribution in [1.29, 1.82) is 0 Å². The molecular formula is C14H22N2. The Labute approximate surface area is 98.4 Å².